The Morgan fingerprint density at radius 3 is 2.47 bits per heavy atom. The number of hydrogen-bond donors (Lipinski definition) is 1. The fourth-order valence-corrected chi connectivity index (χ4v) is 3.53. The van der Waals surface area contributed by atoms with E-state index in [1.807, 2.05) is 37.3 Å². The molecule has 1 amide bonds. The highest BCUT2D eigenvalue weighted by molar-refractivity contribution is 6.06. The summed E-state index contributed by atoms with van der Waals surface area (Å²) in [4.78, 5) is 51.9. The molecule has 1 aromatic carbocycles. The lowest BCUT2D eigenvalue weighted by Crippen LogP contribution is -2.53. The fourth-order valence-electron chi connectivity index (χ4n) is 3.53. The van der Waals surface area contributed by atoms with E-state index in [2.05, 4.69) is 10.3 Å². The van der Waals surface area contributed by atoms with Crippen LogP contribution in [0.1, 0.15) is 38.3 Å². The van der Waals surface area contributed by atoms with Gasteiger partial charge in [-0.1, -0.05) is 37.3 Å². The fraction of sp³-hybridized carbons (Fsp3) is 0.304. The van der Waals surface area contributed by atoms with Crippen LogP contribution in [-0.4, -0.2) is 46.4 Å². The van der Waals surface area contributed by atoms with Crippen molar-refractivity contribution in [1.82, 2.24) is 15.0 Å². The van der Waals surface area contributed by atoms with Crippen LogP contribution in [0.25, 0.3) is 0 Å². The van der Waals surface area contributed by atoms with Crippen molar-refractivity contribution in [3.05, 3.63) is 71.7 Å². The zero-order valence-corrected chi connectivity index (χ0v) is 18.3. The molecule has 0 saturated heterocycles. The largest absolute Gasteiger partial charge is 0.386 e. The van der Waals surface area contributed by atoms with E-state index in [9.17, 15) is 14.4 Å². The van der Waals surface area contributed by atoms with Gasteiger partial charge in [-0.05, 0) is 31.0 Å². The number of aromatic nitrogens is 1. The Labute approximate surface area is 186 Å². The predicted molar refractivity (Wildman–Crippen MR) is 116 cm³/mol. The highest BCUT2D eigenvalue weighted by atomic mass is 17.2. The van der Waals surface area contributed by atoms with Crippen molar-refractivity contribution < 1.29 is 24.2 Å². The Kier molecular flexibility index (Phi) is 7.56. The molecule has 1 aromatic heterocycles. The maximum atomic E-state index is 13.3. The van der Waals surface area contributed by atoms with Gasteiger partial charge in [0.1, 0.15) is 5.70 Å². The highest BCUT2D eigenvalue weighted by Crippen LogP contribution is 2.36. The highest BCUT2D eigenvalue weighted by Gasteiger charge is 2.43. The number of hydrogen-bond acceptors (Lipinski definition) is 8. The first kappa shape index (κ1) is 23.0. The number of carbonyl (C=O) groups excluding carboxylic acids is 3. The van der Waals surface area contributed by atoms with E-state index in [-0.39, 0.29) is 17.7 Å². The minimum atomic E-state index is -0.925. The molecule has 0 aliphatic carbocycles. The minimum absolute atomic E-state index is 0.0292. The van der Waals surface area contributed by atoms with Crippen molar-refractivity contribution in [2.24, 2.45) is 0 Å². The van der Waals surface area contributed by atoms with E-state index in [1.165, 1.54) is 11.2 Å². The van der Waals surface area contributed by atoms with Gasteiger partial charge in [0.25, 0.3) is 5.91 Å². The van der Waals surface area contributed by atoms with E-state index in [4.69, 9.17) is 9.78 Å². The molecular formula is C23H26N4O5. The number of carbonyl (C=O) groups is 3. The third kappa shape index (κ3) is 4.94. The van der Waals surface area contributed by atoms with E-state index in [1.54, 1.807) is 37.3 Å². The van der Waals surface area contributed by atoms with Crippen LogP contribution in [0.15, 0.2) is 66.1 Å². The molecule has 3 rings (SSSR count). The number of pyridine rings is 1. The topological polar surface area (TPSA) is 101 Å². The van der Waals surface area contributed by atoms with Gasteiger partial charge < -0.3 is 5.32 Å². The summed E-state index contributed by atoms with van der Waals surface area (Å²) in [5.41, 5.74) is 1.35. The van der Waals surface area contributed by atoms with Crippen molar-refractivity contribution in [3.8, 4) is 0 Å². The summed E-state index contributed by atoms with van der Waals surface area (Å²) in [7, 11) is 1.72. The first-order valence-corrected chi connectivity index (χ1v) is 10.4. The van der Waals surface area contributed by atoms with Crippen LogP contribution in [0.5, 0.6) is 0 Å². The number of amides is 1. The third-order valence-corrected chi connectivity index (χ3v) is 4.98. The summed E-state index contributed by atoms with van der Waals surface area (Å²) >= 11 is 0. The third-order valence-electron chi connectivity index (χ3n) is 4.98. The molecular weight excluding hydrogens is 412 g/mol. The van der Waals surface area contributed by atoms with Crippen molar-refractivity contribution in [2.75, 3.05) is 18.9 Å². The molecule has 9 nitrogen and oxygen atoms in total. The molecule has 0 fully saturated rings. The second-order valence-electron chi connectivity index (χ2n) is 7.14. The molecule has 32 heavy (non-hydrogen) atoms. The van der Waals surface area contributed by atoms with Crippen LogP contribution in [0.3, 0.4) is 0 Å². The summed E-state index contributed by atoms with van der Waals surface area (Å²) < 4.78 is 0. The van der Waals surface area contributed by atoms with Crippen molar-refractivity contribution >= 4 is 23.5 Å². The molecule has 2 aromatic rings. The van der Waals surface area contributed by atoms with Gasteiger partial charge in [-0.25, -0.2) is 24.4 Å². The quantitative estimate of drug-likeness (QED) is 0.520. The van der Waals surface area contributed by atoms with Gasteiger partial charge >= 0.3 is 11.9 Å². The number of nitrogens with zero attached hydrogens (tertiary/aromatic N) is 3. The monoisotopic (exact) mass is 438 g/mol. The van der Waals surface area contributed by atoms with Crippen LogP contribution < -0.4 is 5.32 Å². The smallest absolute Gasteiger partial charge is 0.349 e. The van der Waals surface area contributed by atoms with E-state index in [0.717, 1.165) is 5.56 Å². The Morgan fingerprint density at radius 2 is 1.84 bits per heavy atom. The lowest BCUT2D eigenvalue weighted by Gasteiger charge is -2.42. The summed E-state index contributed by atoms with van der Waals surface area (Å²) in [5, 5.41) is 6.22. The standard InChI is InChI=1S/C23H26N4O5/c1-4-10-18(28)31-32-23(30)19-20(25-17-13-9-14-24-15-17)22(29)27(5-2)26(3)21(19)16-11-7-6-8-12-16/h6-9,11-15,21,25H,4-5,10H2,1-3H3. The lowest BCUT2D eigenvalue weighted by molar-refractivity contribution is -0.256. The van der Waals surface area contributed by atoms with Gasteiger partial charge in [0.05, 0.1) is 23.5 Å². The van der Waals surface area contributed by atoms with Crippen LogP contribution in [0, 0.1) is 0 Å². The van der Waals surface area contributed by atoms with E-state index >= 15 is 0 Å². The molecule has 0 bridgehead atoms. The SMILES string of the molecule is CCCC(=O)OOC(=O)C1=C(Nc2cccnc2)C(=O)N(CC)N(C)C1c1ccccc1. The Hall–Kier alpha value is -3.72. The van der Waals surface area contributed by atoms with Crippen molar-refractivity contribution in [2.45, 2.75) is 32.7 Å². The summed E-state index contributed by atoms with van der Waals surface area (Å²) in [5.74, 6) is -2.01. The summed E-state index contributed by atoms with van der Waals surface area (Å²) in [6.07, 6.45) is 3.80. The molecule has 1 unspecified atom stereocenters. The normalized spacial score (nSPS) is 16.7. The number of rotatable bonds is 7. The molecule has 168 valence electrons. The number of hydrazine groups is 1. The number of nitrogens with one attached hydrogen (secondary N) is 1. The molecule has 1 aliphatic rings. The van der Waals surface area contributed by atoms with Gasteiger partial charge in [-0.15, -0.1) is 0 Å². The lowest BCUT2D eigenvalue weighted by atomic mass is 9.94. The maximum Gasteiger partial charge on any atom is 0.386 e. The molecule has 1 aliphatic heterocycles. The average Bonchev–Trinajstić information content (AvgIpc) is 2.81. The van der Waals surface area contributed by atoms with Crippen molar-refractivity contribution in [1.29, 1.82) is 0 Å². The Bertz CT molecular complexity index is 994. The molecule has 2 heterocycles. The first-order chi connectivity index (χ1) is 15.5. The Morgan fingerprint density at radius 1 is 1.09 bits per heavy atom. The number of likely N-dealkylation sites (N-methyl/N-ethyl adjacent to an activating group) is 2. The van der Waals surface area contributed by atoms with Crippen LogP contribution in [0.4, 0.5) is 5.69 Å². The second-order valence-corrected chi connectivity index (χ2v) is 7.14. The Balaban J connectivity index is 2.10. The minimum Gasteiger partial charge on any atom is -0.349 e. The number of benzene rings is 1. The van der Waals surface area contributed by atoms with E-state index < -0.39 is 23.9 Å². The van der Waals surface area contributed by atoms with Crippen LogP contribution >= 0.6 is 0 Å². The van der Waals surface area contributed by atoms with Crippen LogP contribution in [-0.2, 0) is 24.2 Å². The van der Waals surface area contributed by atoms with Gasteiger partial charge in [0.2, 0.25) is 0 Å². The second kappa shape index (κ2) is 10.5. The predicted octanol–water partition coefficient (Wildman–Crippen LogP) is 3.00. The van der Waals surface area contributed by atoms with E-state index in [0.29, 0.717) is 18.7 Å². The van der Waals surface area contributed by atoms with Crippen LogP contribution in [0.2, 0.25) is 0 Å². The van der Waals surface area contributed by atoms with Gasteiger partial charge in [-0.3, -0.25) is 14.8 Å². The molecule has 0 saturated carbocycles. The number of anilines is 1. The molecule has 0 spiro atoms. The zero-order valence-electron chi connectivity index (χ0n) is 18.3. The molecule has 9 heteroatoms. The molecule has 1 atom stereocenters. The van der Waals surface area contributed by atoms with Gasteiger partial charge in [-0.2, -0.15) is 0 Å². The maximum absolute atomic E-state index is 13.3. The average molecular weight is 438 g/mol. The first-order valence-electron chi connectivity index (χ1n) is 10.4. The molecule has 1 N–H and O–H groups in total. The summed E-state index contributed by atoms with van der Waals surface area (Å²) in [6.45, 7) is 4.03. The van der Waals surface area contributed by atoms with Crippen molar-refractivity contribution in [3.63, 3.8) is 0 Å². The summed E-state index contributed by atoms with van der Waals surface area (Å²) in [6, 6.07) is 12.0. The van der Waals surface area contributed by atoms with Gasteiger partial charge in [0, 0.05) is 26.2 Å². The molecule has 0 radical (unpaired) electrons. The zero-order chi connectivity index (χ0) is 23.1. The van der Waals surface area contributed by atoms with Gasteiger partial charge in [0.15, 0.2) is 0 Å².